The first kappa shape index (κ1) is 20.3. The van der Waals surface area contributed by atoms with Gasteiger partial charge in [-0.3, -0.25) is 4.79 Å². The number of rotatable bonds is 4. The van der Waals surface area contributed by atoms with Gasteiger partial charge in [0.25, 0.3) is 5.91 Å². The van der Waals surface area contributed by atoms with Crippen molar-refractivity contribution in [1.29, 1.82) is 0 Å². The summed E-state index contributed by atoms with van der Waals surface area (Å²) < 4.78 is 7.66. The van der Waals surface area contributed by atoms with Gasteiger partial charge in [0.05, 0.1) is 0 Å². The van der Waals surface area contributed by atoms with Crippen LogP contribution in [0.5, 0.6) is 5.75 Å². The SMILES string of the molecule is Cn1ccnc1COc1ccc(C(=O)N2CCN(C(=O)N3CCCCC3)CC2)cc1. The second-order valence-electron chi connectivity index (χ2n) is 7.88. The Kier molecular flexibility index (Phi) is 6.21. The zero-order chi connectivity index (χ0) is 20.9. The summed E-state index contributed by atoms with van der Waals surface area (Å²) in [4.78, 5) is 35.4. The molecule has 0 N–H and O–H groups in total. The number of hydrogen-bond donors (Lipinski definition) is 0. The summed E-state index contributed by atoms with van der Waals surface area (Å²) in [6.07, 6.45) is 7.00. The van der Waals surface area contributed by atoms with Crippen molar-refractivity contribution >= 4 is 11.9 Å². The highest BCUT2D eigenvalue weighted by atomic mass is 16.5. The highest BCUT2D eigenvalue weighted by molar-refractivity contribution is 5.94. The second kappa shape index (κ2) is 9.19. The molecular weight excluding hydrogens is 382 g/mol. The van der Waals surface area contributed by atoms with E-state index in [-0.39, 0.29) is 11.9 Å². The van der Waals surface area contributed by atoms with Gasteiger partial charge >= 0.3 is 6.03 Å². The van der Waals surface area contributed by atoms with E-state index in [0.717, 1.165) is 31.8 Å². The number of carbonyl (C=O) groups excluding carboxylic acids is 2. The number of aryl methyl sites for hydroxylation is 1. The van der Waals surface area contributed by atoms with Crippen LogP contribution in [0.25, 0.3) is 0 Å². The monoisotopic (exact) mass is 411 g/mol. The van der Waals surface area contributed by atoms with Gasteiger partial charge in [0.2, 0.25) is 0 Å². The highest BCUT2D eigenvalue weighted by Gasteiger charge is 2.28. The summed E-state index contributed by atoms with van der Waals surface area (Å²) in [6.45, 7) is 4.40. The first-order chi connectivity index (χ1) is 14.6. The van der Waals surface area contributed by atoms with Crippen molar-refractivity contribution in [3.63, 3.8) is 0 Å². The second-order valence-corrected chi connectivity index (χ2v) is 7.88. The molecular formula is C22H29N5O3. The van der Waals surface area contributed by atoms with E-state index in [4.69, 9.17) is 4.74 Å². The molecule has 160 valence electrons. The van der Waals surface area contributed by atoms with Crippen molar-refractivity contribution in [1.82, 2.24) is 24.3 Å². The fourth-order valence-corrected chi connectivity index (χ4v) is 3.95. The van der Waals surface area contributed by atoms with Crippen LogP contribution in [0.15, 0.2) is 36.7 Å². The van der Waals surface area contributed by atoms with Gasteiger partial charge in [0, 0.05) is 64.3 Å². The highest BCUT2D eigenvalue weighted by Crippen LogP contribution is 2.17. The van der Waals surface area contributed by atoms with E-state index < -0.39 is 0 Å². The number of urea groups is 1. The number of likely N-dealkylation sites (tertiary alicyclic amines) is 1. The summed E-state index contributed by atoms with van der Waals surface area (Å²) in [5.74, 6) is 1.54. The molecule has 2 fully saturated rings. The number of nitrogens with zero attached hydrogens (tertiary/aromatic N) is 5. The number of piperidine rings is 1. The van der Waals surface area contributed by atoms with E-state index in [1.807, 2.05) is 44.6 Å². The van der Waals surface area contributed by atoms with Gasteiger partial charge in [-0.25, -0.2) is 9.78 Å². The molecule has 0 spiro atoms. The fourth-order valence-electron chi connectivity index (χ4n) is 3.95. The van der Waals surface area contributed by atoms with Crippen LogP contribution in [0.2, 0.25) is 0 Å². The lowest BCUT2D eigenvalue weighted by Gasteiger charge is -2.38. The van der Waals surface area contributed by atoms with Gasteiger partial charge in [-0.15, -0.1) is 0 Å². The third-order valence-corrected chi connectivity index (χ3v) is 5.85. The number of benzene rings is 1. The molecule has 1 aromatic carbocycles. The third kappa shape index (κ3) is 4.58. The summed E-state index contributed by atoms with van der Waals surface area (Å²) >= 11 is 0. The van der Waals surface area contributed by atoms with Crippen molar-refractivity contribution in [2.45, 2.75) is 25.9 Å². The Morgan fingerprint density at radius 1 is 0.900 bits per heavy atom. The van der Waals surface area contributed by atoms with Crippen LogP contribution in [0.4, 0.5) is 4.79 Å². The van der Waals surface area contributed by atoms with Crippen LogP contribution in [0, 0.1) is 0 Å². The summed E-state index contributed by atoms with van der Waals surface area (Å²) in [5, 5.41) is 0. The standard InChI is InChI=1S/C22H29N5O3/c1-24-12-9-23-20(24)17-30-19-7-5-18(6-8-19)21(28)25-13-15-27(16-14-25)22(29)26-10-3-2-4-11-26/h5-9,12H,2-4,10-11,13-17H2,1H3. The molecule has 0 atom stereocenters. The zero-order valence-corrected chi connectivity index (χ0v) is 17.5. The van der Waals surface area contributed by atoms with Gasteiger partial charge < -0.3 is 24.0 Å². The molecule has 3 amide bonds. The third-order valence-electron chi connectivity index (χ3n) is 5.85. The average molecular weight is 412 g/mol. The zero-order valence-electron chi connectivity index (χ0n) is 17.5. The van der Waals surface area contributed by atoms with Crippen LogP contribution in [0.1, 0.15) is 35.4 Å². The van der Waals surface area contributed by atoms with Crippen molar-refractivity contribution in [3.05, 3.63) is 48.0 Å². The first-order valence-corrected chi connectivity index (χ1v) is 10.6. The van der Waals surface area contributed by atoms with Gasteiger partial charge in [0.1, 0.15) is 18.2 Å². The lowest BCUT2D eigenvalue weighted by Crippen LogP contribution is -2.54. The predicted molar refractivity (Wildman–Crippen MR) is 112 cm³/mol. The quantitative estimate of drug-likeness (QED) is 0.774. The van der Waals surface area contributed by atoms with E-state index >= 15 is 0 Å². The number of amides is 3. The lowest BCUT2D eigenvalue weighted by atomic mass is 10.1. The van der Waals surface area contributed by atoms with Crippen molar-refractivity contribution < 1.29 is 14.3 Å². The molecule has 2 aromatic rings. The number of ether oxygens (including phenoxy) is 1. The van der Waals surface area contributed by atoms with Gasteiger partial charge in [-0.05, 0) is 43.5 Å². The molecule has 2 aliphatic heterocycles. The minimum Gasteiger partial charge on any atom is -0.486 e. The minimum absolute atomic E-state index is 0.00396. The van der Waals surface area contributed by atoms with Crippen molar-refractivity contribution in [2.24, 2.45) is 7.05 Å². The van der Waals surface area contributed by atoms with Gasteiger partial charge in [-0.2, -0.15) is 0 Å². The molecule has 0 unspecified atom stereocenters. The topological polar surface area (TPSA) is 70.9 Å². The van der Waals surface area contributed by atoms with E-state index in [0.29, 0.717) is 44.1 Å². The summed E-state index contributed by atoms with van der Waals surface area (Å²) in [7, 11) is 1.92. The van der Waals surface area contributed by atoms with E-state index in [1.54, 1.807) is 18.3 Å². The molecule has 8 nitrogen and oxygen atoms in total. The molecule has 30 heavy (non-hydrogen) atoms. The molecule has 3 heterocycles. The molecule has 0 aliphatic carbocycles. The Bertz CT molecular complexity index is 865. The normalized spacial score (nSPS) is 17.2. The van der Waals surface area contributed by atoms with Crippen LogP contribution in [-0.2, 0) is 13.7 Å². The van der Waals surface area contributed by atoms with Crippen LogP contribution in [-0.4, -0.2) is 75.5 Å². The Morgan fingerprint density at radius 2 is 1.53 bits per heavy atom. The maximum Gasteiger partial charge on any atom is 0.320 e. The summed E-state index contributed by atoms with van der Waals surface area (Å²) in [5.41, 5.74) is 0.634. The molecule has 0 radical (unpaired) electrons. The maximum atomic E-state index is 12.8. The number of hydrogen-bond acceptors (Lipinski definition) is 4. The predicted octanol–water partition coefficient (Wildman–Crippen LogP) is 2.36. The molecule has 0 saturated carbocycles. The number of piperazine rings is 1. The van der Waals surface area contributed by atoms with Gasteiger partial charge in [-0.1, -0.05) is 0 Å². The van der Waals surface area contributed by atoms with Crippen LogP contribution in [0.3, 0.4) is 0 Å². The van der Waals surface area contributed by atoms with Crippen molar-refractivity contribution in [3.8, 4) is 5.75 Å². The van der Waals surface area contributed by atoms with Crippen LogP contribution < -0.4 is 4.74 Å². The molecule has 8 heteroatoms. The average Bonchev–Trinajstić information content (AvgIpc) is 3.22. The van der Waals surface area contributed by atoms with E-state index in [2.05, 4.69) is 4.98 Å². The smallest absolute Gasteiger partial charge is 0.320 e. The Balaban J connectivity index is 1.27. The van der Waals surface area contributed by atoms with E-state index in [9.17, 15) is 9.59 Å². The number of carbonyl (C=O) groups is 2. The number of imidazole rings is 1. The molecule has 4 rings (SSSR count). The molecule has 2 aliphatic rings. The van der Waals surface area contributed by atoms with Crippen molar-refractivity contribution in [2.75, 3.05) is 39.3 Å². The lowest BCUT2D eigenvalue weighted by molar-refractivity contribution is 0.0633. The Morgan fingerprint density at radius 3 is 2.17 bits per heavy atom. The van der Waals surface area contributed by atoms with Gasteiger partial charge in [0.15, 0.2) is 0 Å². The summed E-state index contributed by atoms with van der Waals surface area (Å²) in [6, 6.07) is 7.33. The number of aromatic nitrogens is 2. The molecule has 2 saturated heterocycles. The van der Waals surface area contributed by atoms with E-state index in [1.165, 1.54) is 6.42 Å². The first-order valence-electron chi connectivity index (χ1n) is 10.6. The Labute approximate surface area is 177 Å². The minimum atomic E-state index is -0.00396. The molecule has 1 aromatic heterocycles. The maximum absolute atomic E-state index is 12.8. The Hall–Kier alpha value is -3.03. The fraction of sp³-hybridized carbons (Fsp3) is 0.500. The molecule has 0 bridgehead atoms. The largest absolute Gasteiger partial charge is 0.486 e. The van der Waals surface area contributed by atoms with Crippen LogP contribution >= 0.6 is 0 Å².